The van der Waals surface area contributed by atoms with Crippen molar-refractivity contribution >= 4 is 11.6 Å². The second-order valence-electron chi connectivity index (χ2n) is 5.61. The Hall–Kier alpha value is -1.39. The lowest BCUT2D eigenvalue weighted by molar-refractivity contribution is 0.00302. The molecule has 106 valence electrons. The Morgan fingerprint density at radius 2 is 2.05 bits per heavy atom. The molecule has 1 heterocycles. The predicted molar refractivity (Wildman–Crippen MR) is 77.3 cm³/mol. The average Bonchev–Trinajstić information content (AvgIpc) is 3.14. The van der Waals surface area contributed by atoms with E-state index in [0.717, 1.165) is 24.3 Å². The van der Waals surface area contributed by atoms with Crippen molar-refractivity contribution in [3.8, 4) is 0 Å². The summed E-state index contributed by atoms with van der Waals surface area (Å²) in [6.45, 7) is 0.418. The zero-order chi connectivity index (χ0) is 14.0. The second kappa shape index (κ2) is 5.54. The van der Waals surface area contributed by atoms with E-state index in [-0.39, 0.29) is 0 Å². The number of nitrogens with zero attached hydrogens (tertiary/aromatic N) is 3. The van der Waals surface area contributed by atoms with Crippen LogP contribution in [0.25, 0.3) is 0 Å². The average molecular weight is 292 g/mol. The Bertz CT molecular complexity index is 551. The fourth-order valence-electron chi connectivity index (χ4n) is 2.51. The number of aliphatic hydroxyl groups is 1. The Balaban J connectivity index is 1.82. The fraction of sp³-hybridized carbons (Fsp3) is 0.467. The highest BCUT2D eigenvalue weighted by atomic mass is 35.5. The molecule has 1 aromatic heterocycles. The summed E-state index contributed by atoms with van der Waals surface area (Å²) < 4.78 is 1.68. The number of halogens is 1. The Labute approximate surface area is 123 Å². The van der Waals surface area contributed by atoms with Gasteiger partial charge in [0.05, 0.1) is 6.54 Å². The van der Waals surface area contributed by atoms with Gasteiger partial charge in [0.2, 0.25) is 0 Å². The summed E-state index contributed by atoms with van der Waals surface area (Å²) in [6.07, 6.45) is 7.49. The molecular formula is C15H18ClN3O. The molecule has 0 spiro atoms. The van der Waals surface area contributed by atoms with Crippen LogP contribution in [0, 0.1) is 5.92 Å². The molecule has 1 aliphatic rings. The molecule has 0 radical (unpaired) electrons. The van der Waals surface area contributed by atoms with Gasteiger partial charge in [0, 0.05) is 5.02 Å². The topological polar surface area (TPSA) is 50.9 Å². The van der Waals surface area contributed by atoms with E-state index in [2.05, 4.69) is 10.1 Å². The van der Waals surface area contributed by atoms with Gasteiger partial charge in [-0.15, -0.1) is 0 Å². The third kappa shape index (κ3) is 3.19. The molecule has 0 saturated heterocycles. The van der Waals surface area contributed by atoms with Gasteiger partial charge < -0.3 is 5.11 Å². The van der Waals surface area contributed by atoms with E-state index in [1.54, 1.807) is 11.0 Å². The number of hydrogen-bond donors (Lipinski definition) is 1. The van der Waals surface area contributed by atoms with Crippen LogP contribution < -0.4 is 0 Å². The molecule has 1 N–H and O–H groups in total. The molecule has 2 aromatic rings. The van der Waals surface area contributed by atoms with Crippen LogP contribution in [-0.2, 0) is 12.1 Å². The lowest BCUT2D eigenvalue weighted by atomic mass is 9.88. The van der Waals surface area contributed by atoms with Crippen molar-refractivity contribution in [1.82, 2.24) is 14.8 Å². The maximum Gasteiger partial charge on any atom is 0.137 e. The zero-order valence-electron chi connectivity index (χ0n) is 11.2. The first-order valence-electron chi connectivity index (χ1n) is 6.96. The van der Waals surface area contributed by atoms with Crippen LogP contribution in [-0.4, -0.2) is 19.9 Å². The molecular weight excluding hydrogens is 274 g/mol. The summed E-state index contributed by atoms with van der Waals surface area (Å²) >= 11 is 5.93. The molecule has 3 rings (SSSR count). The van der Waals surface area contributed by atoms with E-state index >= 15 is 0 Å². The summed E-state index contributed by atoms with van der Waals surface area (Å²) in [5.74, 6) is 0.782. The smallest absolute Gasteiger partial charge is 0.137 e. The molecule has 1 saturated carbocycles. The second-order valence-corrected chi connectivity index (χ2v) is 6.05. The fourth-order valence-corrected chi connectivity index (χ4v) is 2.63. The van der Waals surface area contributed by atoms with Crippen molar-refractivity contribution in [1.29, 1.82) is 0 Å². The van der Waals surface area contributed by atoms with E-state index in [0.29, 0.717) is 11.6 Å². The third-order valence-corrected chi connectivity index (χ3v) is 4.19. The summed E-state index contributed by atoms with van der Waals surface area (Å²) in [4.78, 5) is 3.94. The molecule has 0 aliphatic heterocycles. The minimum atomic E-state index is -0.916. The zero-order valence-corrected chi connectivity index (χ0v) is 12.0. The predicted octanol–water partition coefficient (Wildman–Crippen LogP) is 3.01. The van der Waals surface area contributed by atoms with Gasteiger partial charge >= 0.3 is 0 Å². The van der Waals surface area contributed by atoms with Crippen molar-refractivity contribution in [3.05, 3.63) is 47.5 Å². The van der Waals surface area contributed by atoms with Crippen molar-refractivity contribution in [2.75, 3.05) is 0 Å². The van der Waals surface area contributed by atoms with Gasteiger partial charge in [0.25, 0.3) is 0 Å². The maximum atomic E-state index is 11.1. The highest BCUT2D eigenvalue weighted by molar-refractivity contribution is 6.30. The van der Waals surface area contributed by atoms with Crippen LogP contribution in [0.15, 0.2) is 36.9 Å². The molecule has 0 amide bonds. The standard InChI is InChI=1S/C15H18ClN3O/c16-14-5-3-13(4-6-14)15(20,8-7-12-1-2-12)9-19-11-17-10-18-19/h3-6,10-12,20H,1-2,7-9H2. The quantitative estimate of drug-likeness (QED) is 0.890. The molecule has 1 aliphatic carbocycles. The van der Waals surface area contributed by atoms with Gasteiger partial charge in [-0.05, 0) is 36.5 Å². The van der Waals surface area contributed by atoms with Gasteiger partial charge in [-0.25, -0.2) is 9.67 Å². The van der Waals surface area contributed by atoms with Crippen LogP contribution in [0.4, 0.5) is 0 Å². The largest absolute Gasteiger partial charge is 0.383 e. The van der Waals surface area contributed by atoms with Gasteiger partial charge in [-0.2, -0.15) is 5.10 Å². The van der Waals surface area contributed by atoms with E-state index in [9.17, 15) is 5.11 Å². The Morgan fingerprint density at radius 3 is 2.65 bits per heavy atom. The number of aromatic nitrogens is 3. The Morgan fingerprint density at radius 1 is 1.30 bits per heavy atom. The Kier molecular flexibility index (Phi) is 3.76. The van der Waals surface area contributed by atoms with Crippen molar-refractivity contribution < 1.29 is 5.11 Å². The van der Waals surface area contributed by atoms with Gasteiger partial charge in [-0.1, -0.05) is 36.6 Å². The number of rotatable bonds is 6. The summed E-state index contributed by atoms with van der Waals surface area (Å²) in [7, 11) is 0. The maximum absolute atomic E-state index is 11.1. The lowest BCUT2D eigenvalue weighted by Crippen LogP contribution is -2.32. The number of benzene rings is 1. The normalized spacial score (nSPS) is 17.9. The molecule has 1 atom stereocenters. The highest BCUT2D eigenvalue weighted by Crippen LogP contribution is 2.38. The monoisotopic (exact) mass is 291 g/mol. The number of hydrogen-bond acceptors (Lipinski definition) is 3. The van der Waals surface area contributed by atoms with E-state index in [1.807, 2.05) is 24.3 Å². The van der Waals surface area contributed by atoms with Gasteiger partial charge in [0.15, 0.2) is 0 Å². The van der Waals surface area contributed by atoms with E-state index in [1.165, 1.54) is 19.2 Å². The first-order chi connectivity index (χ1) is 9.66. The molecule has 0 bridgehead atoms. The van der Waals surface area contributed by atoms with E-state index < -0.39 is 5.60 Å². The van der Waals surface area contributed by atoms with Crippen molar-refractivity contribution in [2.45, 2.75) is 37.8 Å². The van der Waals surface area contributed by atoms with Crippen LogP contribution in [0.5, 0.6) is 0 Å². The lowest BCUT2D eigenvalue weighted by Gasteiger charge is -2.28. The van der Waals surface area contributed by atoms with Crippen molar-refractivity contribution in [2.24, 2.45) is 5.92 Å². The highest BCUT2D eigenvalue weighted by Gasteiger charge is 2.33. The molecule has 20 heavy (non-hydrogen) atoms. The molecule has 1 aromatic carbocycles. The molecule has 5 heteroatoms. The SMILES string of the molecule is OC(CCC1CC1)(Cn1cncn1)c1ccc(Cl)cc1. The van der Waals surface area contributed by atoms with Crippen LogP contribution in [0.1, 0.15) is 31.2 Å². The first-order valence-corrected chi connectivity index (χ1v) is 7.34. The third-order valence-electron chi connectivity index (χ3n) is 3.93. The van der Waals surface area contributed by atoms with E-state index in [4.69, 9.17) is 11.6 Å². The van der Waals surface area contributed by atoms with Gasteiger partial charge in [-0.3, -0.25) is 0 Å². The molecule has 1 unspecified atom stereocenters. The molecule has 1 fully saturated rings. The minimum Gasteiger partial charge on any atom is -0.383 e. The summed E-state index contributed by atoms with van der Waals surface area (Å²) in [5, 5.41) is 15.9. The van der Waals surface area contributed by atoms with Crippen molar-refractivity contribution in [3.63, 3.8) is 0 Å². The molecule has 4 nitrogen and oxygen atoms in total. The minimum absolute atomic E-state index is 0.418. The van der Waals surface area contributed by atoms with Gasteiger partial charge in [0.1, 0.15) is 18.3 Å². The summed E-state index contributed by atoms with van der Waals surface area (Å²) in [5.41, 5.74) is -0.0287. The summed E-state index contributed by atoms with van der Waals surface area (Å²) in [6, 6.07) is 7.43. The van der Waals surface area contributed by atoms with Crippen LogP contribution in [0.3, 0.4) is 0 Å². The van der Waals surface area contributed by atoms with Crippen LogP contribution >= 0.6 is 11.6 Å². The first kappa shape index (κ1) is 13.6. The van der Waals surface area contributed by atoms with Crippen LogP contribution in [0.2, 0.25) is 5.02 Å².